The van der Waals surface area contributed by atoms with E-state index in [1.807, 2.05) is 6.07 Å². The summed E-state index contributed by atoms with van der Waals surface area (Å²) in [6, 6.07) is 11.2. The molecule has 0 radical (unpaired) electrons. The standard InChI is InChI=1S/C13H8ClFN2/c14-13-10(5-6-12(17)11(13)7-16)8-1-3-9(15)4-2-8/h1-6H,17H2. The number of halogens is 2. The van der Waals surface area contributed by atoms with Crippen LogP contribution in [0.25, 0.3) is 11.1 Å². The molecule has 2 aromatic rings. The molecule has 0 aromatic heterocycles. The van der Waals surface area contributed by atoms with Gasteiger partial charge in [0.2, 0.25) is 0 Å². The van der Waals surface area contributed by atoms with E-state index in [1.54, 1.807) is 24.3 Å². The second-order valence-electron chi connectivity index (χ2n) is 3.51. The Morgan fingerprint density at radius 1 is 1.12 bits per heavy atom. The minimum atomic E-state index is -0.319. The summed E-state index contributed by atoms with van der Waals surface area (Å²) in [6.07, 6.45) is 0. The Hall–Kier alpha value is -2.05. The van der Waals surface area contributed by atoms with Crippen molar-refractivity contribution in [2.45, 2.75) is 0 Å². The van der Waals surface area contributed by atoms with Crippen LogP contribution in [0.2, 0.25) is 5.02 Å². The van der Waals surface area contributed by atoms with E-state index in [2.05, 4.69) is 0 Å². The van der Waals surface area contributed by atoms with E-state index in [0.29, 0.717) is 16.3 Å². The van der Waals surface area contributed by atoms with Crippen LogP contribution in [0, 0.1) is 17.1 Å². The first-order valence-electron chi connectivity index (χ1n) is 4.87. The van der Waals surface area contributed by atoms with Gasteiger partial charge in [-0.25, -0.2) is 4.39 Å². The molecule has 2 nitrogen and oxygen atoms in total. The molecule has 2 N–H and O–H groups in total. The first-order valence-corrected chi connectivity index (χ1v) is 5.25. The maximum Gasteiger partial charge on any atom is 0.123 e. The first kappa shape index (κ1) is 11.4. The average molecular weight is 247 g/mol. The van der Waals surface area contributed by atoms with E-state index in [9.17, 15) is 4.39 Å². The van der Waals surface area contributed by atoms with E-state index < -0.39 is 0 Å². The molecule has 0 aliphatic heterocycles. The van der Waals surface area contributed by atoms with E-state index in [4.69, 9.17) is 22.6 Å². The minimum absolute atomic E-state index is 0.244. The molecule has 0 aliphatic carbocycles. The zero-order chi connectivity index (χ0) is 12.4. The third-order valence-electron chi connectivity index (χ3n) is 2.44. The Balaban J connectivity index is 2.61. The van der Waals surface area contributed by atoms with Crippen LogP contribution in [-0.2, 0) is 0 Å². The van der Waals surface area contributed by atoms with Crippen molar-refractivity contribution in [2.75, 3.05) is 5.73 Å². The van der Waals surface area contributed by atoms with Gasteiger partial charge in [-0.05, 0) is 23.8 Å². The van der Waals surface area contributed by atoms with Crippen molar-refractivity contribution >= 4 is 17.3 Å². The third-order valence-corrected chi connectivity index (χ3v) is 2.83. The highest BCUT2D eigenvalue weighted by Gasteiger charge is 2.11. The maximum absolute atomic E-state index is 12.8. The number of nitrogen functional groups attached to an aromatic ring is 1. The largest absolute Gasteiger partial charge is 0.398 e. The molecule has 0 aliphatic rings. The van der Waals surface area contributed by atoms with E-state index in [0.717, 1.165) is 5.56 Å². The number of rotatable bonds is 1. The molecule has 0 atom stereocenters. The van der Waals surface area contributed by atoms with Gasteiger partial charge in [-0.3, -0.25) is 0 Å². The molecule has 0 saturated heterocycles. The molecular formula is C13H8ClFN2. The second kappa shape index (κ2) is 4.44. The van der Waals surface area contributed by atoms with Crippen LogP contribution in [-0.4, -0.2) is 0 Å². The Bertz CT molecular complexity index is 600. The van der Waals surface area contributed by atoms with Crippen molar-refractivity contribution in [3.8, 4) is 17.2 Å². The first-order chi connectivity index (χ1) is 8.13. The molecule has 17 heavy (non-hydrogen) atoms. The van der Waals surface area contributed by atoms with Gasteiger partial charge in [0.15, 0.2) is 0 Å². The number of nitrogens with two attached hydrogens (primary N) is 1. The molecular weight excluding hydrogens is 239 g/mol. The lowest BCUT2D eigenvalue weighted by atomic mass is 10.0. The number of anilines is 1. The predicted octanol–water partition coefficient (Wildman–Crippen LogP) is 3.60. The minimum Gasteiger partial charge on any atom is -0.398 e. The Morgan fingerprint density at radius 3 is 2.35 bits per heavy atom. The molecule has 2 rings (SSSR count). The van der Waals surface area contributed by atoms with Gasteiger partial charge in [-0.1, -0.05) is 29.8 Å². The van der Waals surface area contributed by atoms with Crippen molar-refractivity contribution in [1.29, 1.82) is 5.26 Å². The molecule has 0 spiro atoms. The van der Waals surface area contributed by atoms with Crippen LogP contribution in [0.3, 0.4) is 0 Å². The van der Waals surface area contributed by atoms with Gasteiger partial charge in [-0.2, -0.15) is 5.26 Å². The quantitative estimate of drug-likeness (QED) is 0.782. The SMILES string of the molecule is N#Cc1c(N)ccc(-c2ccc(F)cc2)c1Cl. The van der Waals surface area contributed by atoms with Crippen LogP contribution in [0.4, 0.5) is 10.1 Å². The maximum atomic E-state index is 12.8. The zero-order valence-electron chi connectivity index (χ0n) is 8.74. The van der Waals surface area contributed by atoms with Gasteiger partial charge in [0.05, 0.1) is 16.3 Å². The number of nitrogens with zero attached hydrogens (tertiary/aromatic N) is 1. The molecule has 0 bridgehead atoms. The Morgan fingerprint density at radius 2 is 1.76 bits per heavy atom. The van der Waals surface area contributed by atoms with E-state index in [-0.39, 0.29) is 11.4 Å². The smallest absolute Gasteiger partial charge is 0.123 e. The summed E-state index contributed by atoms with van der Waals surface area (Å²) < 4.78 is 12.8. The number of hydrogen-bond acceptors (Lipinski definition) is 2. The Kier molecular flexibility index (Phi) is 2.99. The topological polar surface area (TPSA) is 49.8 Å². The monoisotopic (exact) mass is 246 g/mol. The number of nitriles is 1. The average Bonchev–Trinajstić information content (AvgIpc) is 2.31. The van der Waals surface area contributed by atoms with Gasteiger partial charge in [-0.15, -0.1) is 0 Å². The normalized spacial score (nSPS) is 9.94. The fraction of sp³-hybridized carbons (Fsp3) is 0. The molecule has 0 heterocycles. The highest BCUT2D eigenvalue weighted by atomic mass is 35.5. The van der Waals surface area contributed by atoms with E-state index >= 15 is 0 Å². The summed E-state index contributed by atoms with van der Waals surface area (Å²) in [6.45, 7) is 0. The second-order valence-corrected chi connectivity index (χ2v) is 3.89. The molecule has 0 unspecified atom stereocenters. The molecule has 0 amide bonds. The van der Waals surface area contributed by atoms with Crippen LogP contribution >= 0.6 is 11.6 Å². The Labute approximate surface area is 103 Å². The summed E-state index contributed by atoms with van der Waals surface area (Å²) in [5, 5.41) is 9.23. The summed E-state index contributed by atoms with van der Waals surface area (Å²) in [4.78, 5) is 0. The fourth-order valence-corrected chi connectivity index (χ4v) is 1.88. The summed E-state index contributed by atoms with van der Waals surface area (Å²) in [7, 11) is 0. The summed E-state index contributed by atoms with van der Waals surface area (Å²) in [5.41, 5.74) is 7.62. The molecule has 84 valence electrons. The lowest BCUT2D eigenvalue weighted by Gasteiger charge is -2.07. The van der Waals surface area contributed by atoms with Crippen LogP contribution < -0.4 is 5.73 Å². The molecule has 0 saturated carbocycles. The van der Waals surface area contributed by atoms with Crippen LogP contribution in [0.15, 0.2) is 36.4 Å². The number of benzene rings is 2. The van der Waals surface area contributed by atoms with Crippen molar-refractivity contribution in [3.63, 3.8) is 0 Å². The van der Waals surface area contributed by atoms with E-state index in [1.165, 1.54) is 12.1 Å². The van der Waals surface area contributed by atoms with Crippen LogP contribution in [0.1, 0.15) is 5.56 Å². The van der Waals surface area contributed by atoms with Gasteiger partial charge in [0, 0.05) is 5.56 Å². The van der Waals surface area contributed by atoms with Crippen LogP contribution in [0.5, 0.6) is 0 Å². The summed E-state index contributed by atoms with van der Waals surface area (Å²) in [5.74, 6) is -0.319. The van der Waals surface area contributed by atoms with Gasteiger partial charge in [0.25, 0.3) is 0 Å². The van der Waals surface area contributed by atoms with Gasteiger partial charge >= 0.3 is 0 Å². The fourth-order valence-electron chi connectivity index (χ4n) is 1.56. The van der Waals surface area contributed by atoms with Gasteiger partial charge < -0.3 is 5.73 Å². The molecule has 2 aromatic carbocycles. The number of hydrogen-bond donors (Lipinski definition) is 1. The van der Waals surface area contributed by atoms with Crippen molar-refractivity contribution in [3.05, 3.63) is 52.8 Å². The highest BCUT2D eigenvalue weighted by Crippen LogP contribution is 2.33. The van der Waals surface area contributed by atoms with Crippen molar-refractivity contribution < 1.29 is 4.39 Å². The van der Waals surface area contributed by atoms with Gasteiger partial charge in [0.1, 0.15) is 11.9 Å². The summed E-state index contributed by atoms with van der Waals surface area (Å²) >= 11 is 6.09. The predicted molar refractivity (Wildman–Crippen MR) is 66.0 cm³/mol. The van der Waals surface area contributed by atoms with Crippen molar-refractivity contribution in [2.24, 2.45) is 0 Å². The molecule has 4 heteroatoms. The molecule has 0 fully saturated rings. The zero-order valence-corrected chi connectivity index (χ0v) is 9.50. The van der Waals surface area contributed by atoms with Crippen molar-refractivity contribution in [1.82, 2.24) is 0 Å². The lowest BCUT2D eigenvalue weighted by molar-refractivity contribution is 0.628. The third kappa shape index (κ3) is 2.08. The highest BCUT2D eigenvalue weighted by molar-refractivity contribution is 6.35. The lowest BCUT2D eigenvalue weighted by Crippen LogP contribution is -1.93.